The van der Waals surface area contributed by atoms with Crippen LogP contribution >= 0.6 is 0 Å². The Balaban J connectivity index is 1.42. The van der Waals surface area contributed by atoms with Gasteiger partial charge in [0.2, 0.25) is 5.91 Å². The quantitative estimate of drug-likeness (QED) is 0.806. The number of hydrogen-bond acceptors (Lipinski definition) is 3. The number of H-pyrrole nitrogens is 1. The summed E-state index contributed by atoms with van der Waals surface area (Å²) in [6.45, 7) is 1.48. The average molecular weight is 322 g/mol. The molecule has 5 heteroatoms. The van der Waals surface area contributed by atoms with Crippen LogP contribution in [0.5, 0.6) is 0 Å². The van der Waals surface area contributed by atoms with Crippen molar-refractivity contribution in [3.63, 3.8) is 0 Å². The summed E-state index contributed by atoms with van der Waals surface area (Å²) in [5.41, 5.74) is 4.83. The fourth-order valence-electron chi connectivity index (χ4n) is 3.27. The van der Waals surface area contributed by atoms with E-state index >= 15 is 0 Å². The maximum absolute atomic E-state index is 12.5. The van der Waals surface area contributed by atoms with Crippen molar-refractivity contribution in [3.05, 3.63) is 69.7 Å². The molecule has 1 aromatic heterocycles. The number of aromatic nitrogens is 1. The Morgan fingerprint density at radius 1 is 1.17 bits per heavy atom. The van der Waals surface area contributed by atoms with Crippen molar-refractivity contribution in [2.24, 2.45) is 0 Å². The molecule has 1 N–H and O–H groups in total. The van der Waals surface area contributed by atoms with Crippen LogP contribution in [0.25, 0.3) is 11.1 Å². The van der Waals surface area contributed by atoms with Gasteiger partial charge < -0.3 is 9.32 Å². The molecule has 0 fully saturated rings. The number of carbonyl (C=O) groups is 1. The Morgan fingerprint density at radius 3 is 2.88 bits per heavy atom. The molecule has 122 valence electrons. The van der Waals surface area contributed by atoms with Gasteiger partial charge in [0.1, 0.15) is 0 Å². The van der Waals surface area contributed by atoms with Gasteiger partial charge in [-0.25, -0.2) is 4.79 Å². The van der Waals surface area contributed by atoms with Crippen LogP contribution in [0.2, 0.25) is 0 Å². The van der Waals surface area contributed by atoms with Crippen molar-refractivity contribution >= 4 is 17.0 Å². The molecule has 0 unspecified atom stereocenters. The number of amides is 1. The van der Waals surface area contributed by atoms with E-state index in [4.69, 9.17) is 4.42 Å². The molecule has 0 saturated carbocycles. The summed E-state index contributed by atoms with van der Waals surface area (Å²) in [4.78, 5) is 28.3. The number of hydrogen-bond donors (Lipinski definition) is 1. The third-order valence-corrected chi connectivity index (χ3v) is 4.59. The van der Waals surface area contributed by atoms with Crippen LogP contribution in [-0.2, 0) is 24.2 Å². The standard InChI is InChI=1S/C19H18N2O3/c22-18(21-10-9-14-3-1-2-4-15(14)12-21)8-6-13-5-7-17-16(11-13)20-19(23)24-17/h1-5,7,11H,6,8-10,12H2,(H,20,23). The molecule has 0 saturated heterocycles. The van der Waals surface area contributed by atoms with Crippen LogP contribution in [0, 0.1) is 0 Å². The van der Waals surface area contributed by atoms with E-state index in [9.17, 15) is 9.59 Å². The summed E-state index contributed by atoms with van der Waals surface area (Å²) in [5, 5.41) is 0. The van der Waals surface area contributed by atoms with Gasteiger partial charge in [-0.15, -0.1) is 0 Å². The first-order valence-corrected chi connectivity index (χ1v) is 8.15. The number of aromatic amines is 1. The predicted molar refractivity (Wildman–Crippen MR) is 90.7 cm³/mol. The monoisotopic (exact) mass is 322 g/mol. The van der Waals surface area contributed by atoms with Gasteiger partial charge in [0.25, 0.3) is 0 Å². The second-order valence-corrected chi connectivity index (χ2v) is 6.18. The number of fused-ring (bicyclic) bond motifs is 2. The lowest BCUT2D eigenvalue weighted by atomic mass is 9.99. The zero-order chi connectivity index (χ0) is 16.5. The number of nitrogens with zero attached hydrogens (tertiary/aromatic N) is 1. The largest absolute Gasteiger partial charge is 0.417 e. The van der Waals surface area contributed by atoms with E-state index in [-0.39, 0.29) is 5.91 Å². The van der Waals surface area contributed by atoms with Crippen molar-refractivity contribution in [3.8, 4) is 0 Å². The molecule has 5 nitrogen and oxygen atoms in total. The lowest BCUT2D eigenvalue weighted by molar-refractivity contribution is -0.132. The molecule has 4 rings (SSSR count). The number of oxazole rings is 1. The zero-order valence-corrected chi connectivity index (χ0v) is 13.2. The molecule has 0 spiro atoms. The normalized spacial score (nSPS) is 13.9. The van der Waals surface area contributed by atoms with Gasteiger partial charge in [0.15, 0.2) is 5.58 Å². The first-order valence-electron chi connectivity index (χ1n) is 8.15. The molecule has 24 heavy (non-hydrogen) atoms. The smallest absolute Gasteiger partial charge is 0.408 e. The van der Waals surface area contributed by atoms with Gasteiger partial charge >= 0.3 is 5.76 Å². The molecule has 1 amide bonds. The van der Waals surface area contributed by atoms with E-state index < -0.39 is 5.76 Å². The fourth-order valence-corrected chi connectivity index (χ4v) is 3.27. The highest BCUT2D eigenvalue weighted by atomic mass is 16.4. The van der Waals surface area contributed by atoms with Crippen molar-refractivity contribution < 1.29 is 9.21 Å². The lowest BCUT2D eigenvalue weighted by Crippen LogP contribution is -2.36. The van der Waals surface area contributed by atoms with Gasteiger partial charge in [-0.2, -0.15) is 0 Å². The van der Waals surface area contributed by atoms with Gasteiger partial charge in [-0.3, -0.25) is 9.78 Å². The predicted octanol–water partition coefficient (Wildman–Crippen LogP) is 2.64. The van der Waals surface area contributed by atoms with E-state index in [1.54, 1.807) is 6.07 Å². The van der Waals surface area contributed by atoms with E-state index in [1.165, 1.54) is 11.1 Å². The Kier molecular flexibility index (Phi) is 3.69. The first kappa shape index (κ1) is 14.8. The van der Waals surface area contributed by atoms with Crippen molar-refractivity contribution in [1.82, 2.24) is 9.88 Å². The van der Waals surface area contributed by atoms with Crippen molar-refractivity contribution in [2.45, 2.75) is 25.8 Å². The Hall–Kier alpha value is -2.82. The van der Waals surface area contributed by atoms with E-state index in [0.717, 1.165) is 18.5 Å². The highest BCUT2D eigenvalue weighted by Crippen LogP contribution is 2.20. The number of aryl methyl sites for hydroxylation is 1. The Bertz CT molecular complexity index is 954. The van der Waals surface area contributed by atoms with Crippen molar-refractivity contribution in [2.75, 3.05) is 6.54 Å². The second-order valence-electron chi connectivity index (χ2n) is 6.18. The maximum atomic E-state index is 12.5. The summed E-state index contributed by atoms with van der Waals surface area (Å²) < 4.78 is 4.99. The topological polar surface area (TPSA) is 66.3 Å². The third-order valence-electron chi connectivity index (χ3n) is 4.59. The summed E-state index contributed by atoms with van der Waals surface area (Å²) in [7, 11) is 0. The molecule has 2 aromatic carbocycles. The summed E-state index contributed by atoms with van der Waals surface area (Å²) in [5.74, 6) is -0.282. The van der Waals surface area contributed by atoms with Crippen molar-refractivity contribution in [1.29, 1.82) is 0 Å². The average Bonchev–Trinajstić information content (AvgIpc) is 2.98. The molecule has 0 atom stereocenters. The SMILES string of the molecule is O=C(CCc1ccc2oc(=O)[nH]c2c1)N1CCc2ccccc2C1. The number of benzene rings is 2. The van der Waals surface area contributed by atoms with Gasteiger partial charge in [-0.1, -0.05) is 30.3 Å². The second kappa shape index (κ2) is 6.00. The molecule has 0 aliphatic carbocycles. The first-order chi connectivity index (χ1) is 11.7. The summed E-state index contributed by atoms with van der Waals surface area (Å²) in [6, 6.07) is 13.8. The highest BCUT2D eigenvalue weighted by Gasteiger charge is 2.20. The van der Waals surface area contributed by atoms with Crippen LogP contribution in [0.4, 0.5) is 0 Å². The minimum absolute atomic E-state index is 0.172. The summed E-state index contributed by atoms with van der Waals surface area (Å²) >= 11 is 0. The van der Waals surface area contributed by atoms with E-state index in [0.29, 0.717) is 30.5 Å². The van der Waals surface area contributed by atoms with Crippen LogP contribution in [0.1, 0.15) is 23.1 Å². The molecular weight excluding hydrogens is 304 g/mol. The van der Waals surface area contributed by atoms with Crippen LogP contribution in [0.3, 0.4) is 0 Å². The van der Waals surface area contributed by atoms with Gasteiger partial charge in [0, 0.05) is 19.5 Å². The highest BCUT2D eigenvalue weighted by molar-refractivity contribution is 5.77. The molecule has 1 aliphatic heterocycles. The number of carbonyl (C=O) groups excluding carboxylic acids is 1. The van der Waals surface area contributed by atoms with Crippen LogP contribution in [-0.4, -0.2) is 22.3 Å². The van der Waals surface area contributed by atoms with E-state index in [2.05, 4.69) is 17.1 Å². The lowest BCUT2D eigenvalue weighted by Gasteiger charge is -2.29. The zero-order valence-electron chi connectivity index (χ0n) is 13.2. The maximum Gasteiger partial charge on any atom is 0.417 e. The molecule has 3 aromatic rings. The van der Waals surface area contributed by atoms with Crippen LogP contribution < -0.4 is 5.76 Å². The van der Waals surface area contributed by atoms with Gasteiger partial charge in [-0.05, 0) is 41.7 Å². The molecule has 0 bridgehead atoms. The summed E-state index contributed by atoms with van der Waals surface area (Å²) in [6.07, 6.45) is 2.04. The Morgan fingerprint density at radius 2 is 2.00 bits per heavy atom. The minimum atomic E-state index is -0.454. The number of nitrogens with one attached hydrogen (secondary N) is 1. The minimum Gasteiger partial charge on any atom is -0.408 e. The van der Waals surface area contributed by atoms with E-state index in [1.807, 2.05) is 29.2 Å². The molecule has 1 aliphatic rings. The third kappa shape index (κ3) is 2.85. The van der Waals surface area contributed by atoms with Gasteiger partial charge in [0.05, 0.1) is 5.52 Å². The molecular formula is C19H18N2O3. The molecule has 0 radical (unpaired) electrons. The Labute approximate surface area is 138 Å². The fraction of sp³-hybridized carbons (Fsp3) is 0.263. The van der Waals surface area contributed by atoms with Crippen LogP contribution in [0.15, 0.2) is 51.7 Å². The number of rotatable bonds is 3. The molecule has 2 heterocycles.